The van der Waals surface area contributed by atoms with Crippen molar-refractivity contribution >= 4 is 34.2 Å². The molecular formula is C7H6BrN3S. The van der Waals surface area contributed by atoms with Crippen LogP contribution in [0.15, 0.2) is 27.8 Å². The maximum atomic E-state index is 8.23. The van der Waals surface area contributed by atoms with Crippen LogP contribution in [-0.2, 0) is 5.75 Å². The summed E-state index contributed by atoms with van der Waals surface area (Å²) in [6.07, 6.45) is 0. The Bertz CT molecular complexity index is 333. The Labute approximate surface area is 84.0 Å². The van der Waals surface area contributed by atoms with Crippen molar-refractivity contribution in [3.63, 3.8) is 0 Å². The Hall–Kier alpha value is -0.640. The van der Waals surface area contributed by atoms with Gasteiger partial charge in [-0.3, -0.25) is 0 Å². The Balaban J connectivity index is 3.16. The highest BCUT2D eigenvalue weighted by Gasteiger charge is 1.97. The molecule has 62 valence electrons. The van der Waals surface area contributed by atoms with Crippen molar-refractivity contribution in [2.75, 3.05) is 0 Å². The summed E-state index contributed by atoms with van der Waals surface area (Å²) in [6.45, 7) is 0. The van der Waals surface area contributed by atoms with Crippen molar-refractivity contribution in [1.29, 1.82) is 0 Å². The third-order valence-electron chi connectivity index (χ3n) is 1.35. The monoisotopic (exact) mass is 243 g/mol. The fourth-order valence-corrected chi connectivity index (χ4v) is 1.30. The van der Waals surface area contributed by atoms with Gasteiger partial charge in [0, 0.05) is 15.1 Å². The van der Waals surface area contributed by atoms with Gasteiger partial charge in [0.25, 0.3) is 0 Å². The number of nitrogens with zero attached hydrogens (tertiary/aromatic N) is 3. The molecule has 0 aliphatic rings. The first-order chi connectivity index (χ1) is 5.77. The lowest BCUT2D eigenvalue weighted by Gasteiger charge is -1.99. The average Bonchev–Trinajstić information content (AvgIpc) is 2.09. The molecule has 0 saturated heterocycles. The largest absolute Gasteiger partial charge is 0.175 e. The summed E-state index contributed by atoms with van der Waals surface area (Å²) in [4.78, 5) is 2.71. The maximum Gasteiger partial charge on any atom is 0.0520 e. The van der Waals surface area contributed by atoms with Gasteiger partial charge in [-0.1, -0.05) is 27.1 Å². The van der Waals surface area contributed by atoms with Crippen LogP contribution in [0.5, 0.6) is 0 Å². The quantitative estimate of drug-likeness (QED) is 0.356. The van der Waals surface area contributed by atoms with Crippen LogP contribution in [0, 0.1) is 0 Å². The molecule has 0 radical (unpaired) electrons. The molecule has 1 rings (SSSR count). The van der Waals surface area contributed by atoms with Crippen LogP contribution in [0.2, 0.25) is 0 Å². The minimum absolute atomic E-state index is 0.601. The van der Waals surface area contributed by atoms with Gasteiger partial charge in [-0.25, -0.2) is 0 Å². The summed E-state index contributed by atoms with van der Waals surface area (Å²) >= 11 is 7.38. The summed E-state index contributed by atoms with van der Waals surface area (Å²) in [5, 5.41) is 3.51. The van der Waals surface area contributed by atoms with Crippen molar-refractivity contribution < 1.29 is 0 Å². The summed E-state index contributed by atoms with van der Waals surface area (Å²) in [5.74, 6) is 0.640. The molecule has 5 heteroatoms. The summed E-state index contributed by atoms with van der Waals surface area (Å²) in [6, 6.07) is 5.57. The van der Waals surface area contributed by atoms with Crippen LogP contribution in [0.4, 0.5) is 5.69 Å². The highest BCUT2D eigenvalue weighted by atomic mass is 79.9. The van der Waals surface area contributed by atoms with Gasteiger partial charge in [-0.15, -0.1) is 0 Å². The van der Waals surface area contributed by atoms with E-state index in [1.54, 1.807) is 6.07 Å². The van der Waals surface area contributed by atoms with Crippen molar-refractivity contribution in [2.24, 2.45) is 5.11 Å². The zero-order chi connectivity index (χ0) is 8.97. The number of halogens is 1. The van der Waals surface area contributed by atoms with E-state index < -0.39 is 0 Å². The SMILES string of the molecule is [N-]=[N+]=Nc1cc(CS)ccc1Br. The fourth-order valence-electron chi connectivity index (χ4n) is 0.781. The lowest BCUT2D eigenvalue weighted by atomic mass is 10.2. The molecule has 1 aromatic carbocycles. The minimum atomic E-state index is 0.601. The van der Waals surface area contributed by atoms with E-state index in [0.717, 1.165) is 10.0 Å². The maximum absolute atomic E-state index is 8.23. The number of benzene rings is 1. The normalized spacial score (nSPS) is 9.17. The minimum Gasteiger partial charge on any atom is -0.175 e. The number of azide groups is 1. The molecule has 3 nitrogen and oxygen atoms in total. The summed E-state index contributed by atoms with van der Waals surface area (Å²) < 4.78 is 0.797. The van der Waals surface area contributed by atoms with Crippen LogP contribution in [0.3, 0.4) is 0 Å². The number of rotatable bonds is 2. The lowest BCUT2D eigenvalue weighted by Crippen LogP contribution is -1.76. The molecular weight excluding hydrogens is 238 g/mol. The van der Waals surface area contributed by atoms with Gasteiger partial charge in [0.1, 0.15) is 0 Å². The van der Waals surface area contributed by atoms with Crippen molar-refractivity contribution in [3.8, 4) is 0 Å². The van der Waals surface area contributed by atoms with Gasteiger partial charge in [-0.2, -0.15) is 12.6 Å². The number of hydrogen-bond acceptors (Lipinski definition) is 2. The van der Waals surface area contributed by atoms with Crippen molar-refractivity contribution in [2.45, 2.75) is 5.75 Å². The van der Waals surface area contributed by atoms with E-state index in [2.05, 4.69) is 38.6 Å². The first kappa shape index (κ1) is 9.45. The lowest BCUT2D eigenvalue weighted by molar-refractivity contribution is 1.36. The molecule has 0 heterocycles. The Morgan fingerprint density at radius 3 is 2.92 bits per heavy atom. The van der Waals surface area contributed by atoms with E-state index in [-0.39, 0.29) is 0 Å². The fraction of sp³-hybridized carbons (Fsp3) is 0.143. The van der Waals surface area contributed by atoms with E-state index in [9.17, 15) is 0 Å². The highest BCUT2D eigenvalue weighted by molar-refractivity contribution is 9.10. The van der Waals surface area contributed by atoms with Gasteiger partial charge in [-0.05, 0) is 23.2 Å². The van der Waals surface area contributed by atoms with E-state index in [0.29, 0.717) is 11.4 Å². The molecule has 0 aliphatic heterocycles. The molecule has 0 N–H and O–H groups in total. The van der Waals surface area contributed by atoms with Gasteiger partial charge in [0.05, 0.1) is 5.69 Å². The van der Waals surface area contributed by atoms with E-state index in [1.807, 2.05) is 12.1 Å². The predicted molar refractivity (Wildman–Crippen MR) is 55.6 cm³/mol. The molecule has 1 aromatic rings. The van der Waals surface area contributed by atoms with Gasteiger partial charge in [0.15, 0.2) is 0 Å². The van der Waals surface area contributed by atoms with E-state index in [4.69, 9.17) is 5.53 Å². The first-order valence-electron chi connectivity index (χ1n) is 3.22. The Morgan fingerprint density at radius 1 is 1.58 bits per heavy atom. The van der Waals surface area contributed by atoms with E-state index >= 15 is 0 Å². The first-order valence-corrected chi connectivity index (χ1v) is 4.65. The Kier molecular flexibility index (Phi) is 3.47. The predicted octanol–water partition coefficient (Wildman–Crippen LogP) is 3.82. The van der Waals surface area contributed by atoms with Crippen molar-refractivity contribution in [3.05, 3.63) is 38.7 Å². The second-order valence-electron chi connectivity index (χ2n) is 2.13. The molecule has 12 heavy (non-hydrogen) atoms. The average molecular weight is 244 g/mol. The third-order valence-corrected chi connectivity index (χ3v) is 2.38. The molecule has 0 bridgehead atoms. The zero-order valence-electron chi connectivity index (χ0n) is 6.11. The van der Waals surface area contributed by atoms with E-state index in [1.165, 1.54) is 0 Å². The molecule has 0 aliphatic carbocycles. The summed E-state index contributed by atoms with van der Waals surface area (Å²) in [5.41, 5.74) is 9.86. The third kappa shape index (κ3) is 2.17. The van der Waals surface area contributed by atoms with Gasteiger partial charge in [0.2, 0.25) is 0 Å². The molecule has 0 fully saturated rings. The Morgan fingerprint density at radius 2 is 2.33 bits per heavy atom. The molecule has 0 aromatic heterocycles. The van der Waals surface area contributed by atoms with Crippen LogP contribution in [0.25, 0.3) is 10.4 Å². The smallest absolute Gasteiger partial charge is 0.0520 e. The van der Waals surface area contributed by atoms with Crippen LogP contribution < -0.4 is 0 Å². The standard InChI is InChI=1S/C7H6BrN3S/c8-6-2-1-5(4-12)3-7(6)10-11-9/h1-3,12H,4H2. The topological polar surface area (TPSA) is 48.8 Å². The highest BCUT2D eigenvalue weighted by Crippen LogP contribution is 2.26. The molecule has 0 unspecified atom stereocenters. The van der Waals surface area contributed by atoms with Crippen molar-refractivity contribution in [1.82, 2.24) is 0 Å². The molecule has 0 saturated carbocycles. The molecule has 0 spiro atoms. The second kappa shape index (κ2) is 4.40. The number of thiol groups is 1. The number of hydrogen-bond donors (Lipinski definition) is 1. The van der Waals surface area contributed by atoms with Gasteiger partial charge < -0.3 is 0 Å². The van der Waals surface area contributed by atoms with Crippen LogP contribution in [-0.4, -0.2) is 0 Å². The van der Waals surface area contributed by atoms with Crippen LogP contribution in [0.1, 0.15) is 5.56 Å². The summed E-state index contributed by atoms with van der Waals surface area (Å²) in [7, 11) is 0. The zero-order valence-corrected chi connectivity index (χ0v) is 8.59. The van der Waals surface area contributed by atoms with Crippen LogP contribution >= 0.6 is 28.6 Å². The second-order valence-corrected chi connectivity index (χ2v) is 3.30. The molecule has 0 amide bonds. The molecule has 0 atom stereocenters. The van der Waals surface area contributed by atoms with Gasteiger partial charge >= 0.3 is 0 Å².